The average molecular weight is 368 g/mol. The number of nitrogens with one attached hydrogen (secondary N) is 2. The van der Waals surface area contributed by atoms with Gasteiger partial charge in [0.15, 0.2) is 0 Å². The third kappa shape index (κ3) is 4.74. The van der Waals surface area contributed by atoms with Crippen LogP contribution >= 0.6 is 11.6 Å². The lowest BCUT2D eigenvalue weighted by atomic mass is 10.2. The molecular weight excluding hydrogens is 350 g/mol. The van der Waals surface area contributed by atoms with Crippen LogP contribution in [0.25, 0.3) is 0 Å². The lowest BCUT2D eigenvalue weighted by molar-refractivity contribution is 0.102. The van der Waals surface area contributed by atoms with Crippen molar-refractivity contribution in [2.24, 2.45) is 0 Å². The van der Waals surface area contributed by atoms with Gasteiger partial charge in [0.2, 0.25) is 0 Å². The number of hydrogen-bond acceptors (Lipinski definition) is 4. The van der Waals surface area contributed by atoms with E-state index >= 15 is 0 Å². The Balaban J connectivity index is 1.61. The van der Waals surface area contributed by atoms with Crippen LogP contribution in [-0.2, 0) is 0 Å². The highest BCUT2D eigenvalue weighted by Gasteiger charge is 2.06. The molecule has 26 heavy (non-hydrogen) atoms. The fourth-order valence-electron chi connectivity index (χ4n) is 2.30. The Morgan fingerprint density at radius 3 is 2.31 bits per heavy atom. The van der Waals surface area contributed by atoms with Gasteiger partial charge in [-0.15, -0.1) is 0 Å². The Labute approximate surface area is 157 Å². The molecule has 1 heterocycles. The lowest BCUT2D eigenvalue weighted by Gasteiger charge is -2.09. The summed E-state index contributed by atoms with van der Waals surface area (Å²) in [5, 5.41) is 6.59. The molecule has 2 N–H and O–H groups in total. The zero-order valence-electron chi connectivity index (χ0n) is 14.2. The second-order valence-electron chi connectivity index (χ2n) is 5.48. The molecular formula is C20H18ClN3O2. The maximum atomic E-state index is 12.2. The molecule has 1 aromatic heterocycles. The van der Waals surface area contributed by atoms with Gasteiger partial charge in [0, 0.05) is 16.3 Å². The topological polar surface area (TPSA) is 63.2 Å². The summed E-state index contributed by atoms with van der Waals surface area (Å²) < 4.78 is 5.42. The monoisotopic (exact) mass is 367 g/mol. The van der Waals surface area contributed by atoms with Crippen molar-refractivity contribution in [3.8, 4) is 5.75 Å². The van der Waals surface area contributed by atoms with Crippen molar-refractivity contribution in [3.63, 3.8) is 0 Å². The summed E-state index contributed by atoms with van der Waals surface area (Å²) in [5.74, 6) is 1.07. The van der Waals surface area contributed by atoms with E-state index in [1.54, 1.807) is 36.5 Å². The van der Waals surface area contributed by atoms with Gasteiger partial charge < -0.3 is 15.4 Å². The van der Waals surface area contributed by atoms with E-state index in [4.69, 9.17) is 16.3 Å². The lowest BCUT2D eigenvalue weighted by Crippen LogP contribution is -2.12. The van der Waals surface area contributed by atoms with Crippen LogP contribution in [0, 0.1) is 0 Å². The number of rotatable bonds is 6. The summed E-state index contributed by atoms with van der Waals surface area (Å²) in [5.41, 5.74) is 2.26. The molecule has 2 aromatic carbocycles. The van der Waals surface area contributed by atoms with Gasteiger partial charge in [-0.1, -0.05) is 11.6 Å². The van der Waals surface area contributed by atoms with Crippen LogP contribution in [0.2, 0.25) is 5.02 Å². The molecule has 132 valence electrons. The highest BCUT2D eigenvalue weighted by Crippen LogP contribution is 2.20. The van der Waals surface area contributed by atoms with Crippen molar-refractivity contribution >= 4 is 34.7 Å². The number of halogens is 1. The van der Waals surface area contributed by atoms with E-state index in [0.29, 0.717) is 23.0 Å². The SMILES string of the molecule is CCOc1ccc(Nc2ccc(NC(=O)c3ccc(Cl)cc3)nc2)cc1. The van der Waals surface area contributed by atoms with Gasteiger partial charge in [-0.3, -0.25) is 4.79 Å². The van der Waals surface area contributed by atoms with Gasteiger partial charge in [0.05, 0.1) is 18.5 Å². The predicted molar refractivity (Wildman–Crippen MR) is 105 cm³/mol. The Kier molecular flexibility index (Phi) is 5.71. The molecule has 0 aliphatic carbocycles. The second kappa shape index (κ2) is 8.36. The minimum atomic E-state index is -0.235. The van der Waals surface area contributed by atoms with Gasteiger partial charge in [0.1, 0.15) is 11.6 Å². The van der Waals surface area contributed by atoms with Crippen LogP contribution < -0.4 is 15.4 Å². The maximum absolute atomic E-state index is 12.2. The number of carbonyl (C=O) groups is 1. The largest absolute Gasteiger partial charge is 0.494 e. The zero-order chi connectivity index (χ0) is 18.4. The summed E-state index contributed by atoms with van der Waals surface area (Å²) in [6.07, 6.45) is 1.66. The molecule has 0 saturated carbocycles. The molecule has 5 nitrogen and oxygen atoms in total. The molecule has 0 aliphatic rings. The fourth-order valence-corrected chi connectivity index (χ4v) is 2.43. The van der Waals surface area contributed by atoms with E-state index in [0.717, 1.165) is 17.1 Å². The summed E-state index contributed by atoms with van der Waals surface area (Å²) >= 11 is 5.83. The third-order valence-electron chi connectivity index (χ3n) is 3.57. The molecule has 6 heteroatoms. The quantitative estimate of drug-likeness (QED) is 0.634. The third-order valence-corrected chi connectivity index (χ3v) is 3.82. The molecule has 0 aliphatic heterocycles. The Morgan fingerprint density at radius 2 is 1.69 bits per heavy atom. The first-order chi connectivity index (χ1) is 12.6. The van der Waals surface area contributed by atoms with Crippen molar-refractivity contribution in [1.82, 2.24) is 4.98 Å². The number of nitrogens with zero attached hydrogens (tertiary/aromatic N) is 1. The molecule has 3 aromatic rings. The standard InChI is InChI=1S/C20H18ClN3O2/c1-2-26-18-10-7-16(8-11-18)23-17-9-12-19(22-13-17)24-20(25)14-3-5-15(21)6-4-14/h3-13,23H,2H2,1H3,(H,22,24,25). The first-order valence-electron chi connectivity index (χ1n) is 8.17. The highest BCUT2D eigenvalue weighted by molar-refractivity contribution is 6.30. The van der Waals surface area contributed by atoms with Crippen molar-refractivity contribution in [3.05, 3.63) is 77.4 Å². The van der Waals surface area contributed by atoms with Crippen LogP contribution in [0.15, 0.2) is 66.9 Å². The molecule has 0 atom stereocenters. The van der Waals surface area contributed by atoms with Gasteiger partial charge in [-0.2, -0.15) is 0 Å². The van der Waals surface area contributed by atoms with Crippen molar-refractivity contribution < 1.29 is 9.53 Å². The first kappa shape index (κ1) is 17.8. The Morgan fingerprint density at radius 1 is 1.00 bits per heavy atom. The van der Waals surface area contributed by atoms with Crippen LogP contribution in [-0.4, -0.2) is 17.5 Å². The number of hydrogen-bond donors (Lipinski definition) is 2. The molecule has 0 bridgehead atoms. The van der Waals surface area contributed by atoms with Gasteiger partial charge in [-0.25, -0.2) is 4.98 Å². The van der Waals surface area contributed by atoms with E-state index < -0.39 is 0 Å². The number of carbonyl (C=O) groups excluding carboxylic acids is 1. The van der Waals surface area contributed by atoms with Gasteiger partial charge in [0.25, 0.3) is 5.91 Å². The molecule has 1 amide bonds. The van der Waals surface area contributed by atoms with E-state index in [-0.39, 0.29) is 5.91 Å². The average Bonchev–Trinajstić information content (AvgIpc) is 2.66. The van der Waals surface area contributed by atoms with Crippen LogP contribution in [0.3, 0.4) is 0 Å². The summed E-state index contributed by atoms with van der Waals surface area (Å²) in [7, 11) is 0. The number of pyridine rings is 1. The molecule has 0 saturated heterocycles. The molecule has 0 radical (unpaired) electrons. The van der Waals surface area contributed by atoms with E-state index in [1.807, 2.05) is 37.3 Å². The van der Waals surface area contributed by atoms with Gasteiger partial charge in [-0.05, 0) is 67.6 Å². The van der Waals surface area contributed by atoms with Crippen LogP contribution in [0.4, 0.5) is 17.2 Å². The Bertz CT molecular complexity index is 863. The van der Waals surface area contributed by atoms with Crippen molar-refractivity contribution in [2.75, 3.05) is 17.2 Å². The molecule has 3 rings (SSSR count). The molecule has 0 unspecified atom stereocenters. The smallest absolute Gasteiger partial charge is 0.256 e. The first-order valence-corrected chi connectivity index (χ1v) is 8.54. The summed E-state index contributed by atoms with van der Waals surface area (Å²) in [6, 6.07) is 17.9. The number of amides is 1. The van der Waals surface area contributed by atoms with Crippen LogP contribution in [0.1, 0.15) is 17.3 Å². The summed E-state index contributed by atoms with van der Waals surface area (Å²) in [4.78, 5) is 16.4. The molecule has 0 spiro atoms. The number of aromatic nitrogens is 1. The predicted octanol–water partition coefficient (Wildman–Crippen LogP) is 5.13. The highest BCUT2D eigenvalue weighted by atomic mass is 35.5. The normalized spacial score (nSPS) is 10.2. The summed E-state index contributed by atoms with van der Waals surface area (Å²) in [6.45, 7) is 2.59. The maximum Gasteiger partial charge on any atom is 0.256 e. The van der Waals surface area contributed by atoms with Crippen LogP contribution in [0.5, 0.6) is 5.75 Å². The number of benzene rings is 2. The van der Waals surface area contributed by atoms with E-state index in [1.165, 1.54) is 0 Å². The molecule has 0 fully saturated rings. The van der Waals surface area contributed by atoms with Crippen molar-refractivity contribution in [2.45, 2.75) is 6.92 Å². The van der Waals surface area contributed by atoms with E-state index in [9.17, 15) is 4.79 Å². The fraction of sp³-hybridized carbons (Fsp3) is 0.100. The Hall–Kier alpha value is -3.05. The zero-order valence-corrected chi connectivity index (χ0v) is 15.0. The number of ether oxygens (including phenoxy) is 1. The van der Waals surface area contributed by atoms with Crippen molar-refractivity contribution in [1.29, 1.82) is 0 Å². The number of anilines is 3. The minimum Gasteiger partial charge on any atom is -0.494 e. The van der Waals surface area contributed by atoms with E-state index in [2.05, 4.69) is 15.6 Å². The minimum absolute atomic E-state index is 0.235. The van der Waals surface area contributed by atoms with Gasteiger partial charge >= 0.3 is 0 Å². The second-order valence-corrected chi connectivity index (χ2v) is 5.91.